The molecule has 1 heterocycles. The van der Waals surface area contributed by atoms with Crippen LogP contribution in [0.25, 0.3) is 0 Å². The van der Waals surface area contributed by atoms with Gasteiger partial charge in [0.25, 0.3) is 0 Å². The van der Waals surface area contributed by atoms with Crippen molar-refractivity contribution in [3.8, 4) is 0 Å². The molecule has 4 heteroatoms. The van der Waals surface area contributed by atoms with Gasteiger partial charge >= 0.3 is 0 Å². The second-order valence-corrected chi connectivity index (χ2v) is 5.64. The van der Waals surface area contributed by atoms with E-state index in [1.54, 1.807) is 0 Å². The van der Waals surface area contributed by atoms with E-state index in [4.69, 9.17) is 5.11 Å². The van der Waals surface area contributed by atoms with Crippen molar-refractivity contribution in [2.24, 2.45) is 11.3 Å². The van der Waals surface area contributed by atoms with Crippen LogP contribution in [0.3, 0.4) is 0 Å². The van der Waals surface area contributed by atoms with Crippen molar-refractivity contribution in [2.75, 3.05) is 26.2 Å². The van der Waals surface area contributed by atoms with Gasteiger partial charge < -0.3 is 15.7 Å². The normalized spacial score (nSPS) is 25.1. The van der Waals surface area contributed by atoms with Crippen molar-refractivity contribution in [3.63, 3.8) is 0 Å². The number of nitrogens with one attached hydrogen (secondary N) is 2. The predicted molar refractivity (Wildman–Crippen MR) is 73.3 cm³/mol. The van der Waals surface area contributed by atoms with Crippen LogP contribution in [-0.2, 0) is 4.79 Å². The molecule has 0 saturated carbocycles. The van der Waals surface area contributed by atoms with Gasteiger partial charge in [0.1, 0.15) is 0 Å². The summed E-state index contributed by atoms with van der Waals surface area (Å²) in [4.78, 5) is 12.3. The summed E-state index contributed by atoms with van der Waals surface area (Å²) < 4.78 is 0. The Morgan fingerprint density at radius 3 is 2.89 bits per heavy atom. The third-order valence-corrected chi connectivity index (χ3v) is 3.92. The predicted octanol–water partition coefficient (Wildman–Crippen LogP) is 1.29. The summed E-state index contributed by atoms with van der Waals surface area (Å²) in [6, 6.07) is 0. The molecular weight excluding hydrogens is 228 g/mol. The molecule has 1 saturated heterocycles. The Bertz CT molecular complexity index is 250. The third-order valence-electron chi connectivity index (χ3n) is 3.92. The molecule has 0 aromatic carbocycles. The first-order chi connectivity index (χ1) is 8.64. The minimum Gasteiger partial charge on any atom is -0.396 e. The molecule has 0 aliphatic carbocycles. The molecule has 1 aliphatic heterocycles. The molecule has 18 heavy (non-hydrogen) atoms. The summed E-state index contributed by atoms with van der Waals surface area (Å²) in [5, 5.41) is 15.3. The Hall–Kier alpha value is -0.610. The van der Waals surface area contributed by atoms with Gasteiger partial charge in [-0.2, -0.15) is 0 Å². The monoisotopic (exact) mass is 256 g/mol. The van der Waals surface area contributed by atoms with Crippen molar-refractivity contribution in [3.05, 3.63) is 0 Å². The molecule has 0 spiro atoms. The molecule has 0 aromatic rings. The molecule has 3 N–H and O–H groups in total. The smallest absolute Gasteiger partial charge is 0.227 e. The average Bonchev–Trinajstić information content (AvgIpc) is 2.84. The van der Waals surface area contributed by atoms with Gasteiger partial charge in [-0.05, 0) is 38.1 Å². The third kappa shape index (κ3) is 4.25. The molecule has 1 fully saturated rings. The lowest BCUT2D eigenvalue weighted by Crippen LogP contribution is -2.42. The van der Waals surface area contributed by atoms with Gasteiger partial charge in [0.2, 0.25) is 5.91 Å². The highest BCUT2D eigenvalue weighted by atomic mass is 16.3. The Morgan fingerprint density at radius 2 is 2.33 bits per heavy atom. The van der Waals surface area contributed by atoms with Gasteiger partial charge in [0, 0.05) is 19.7 Å². The number of carbonyl (C=O) groups excluding carboxylic acids is 1. The van der Waals surface area contributed by atoms with Crippen LogP contribution in [0.5, 0.6) is 0 Å². The van der Waals surface area contributed by atoms with E-state index in [0.717, 1.165) is 51.7 Å². The number of aliphatic hydroxyl groups excluding tert-OH is 1. The highest BCUT2D eigenvalue weighted by molar-refractivity contribution is 5.83. The first-order valence-corrected chi connectivity index (χ1v) is 7.24. The van der Waals surface area contributed by atoms with E-state index in [-0.39, 0.29) is 17.9 Å². The maximum atomic E-state index is 12.3. The van der Waals surface area contributed by atoms with Crippen molar-refractivity contribution >= 4 is 5.91 Å². The van der Waals surface area contributed by atoms with Gasteiger partial charge in [0.15, 0.2) is 0 Å². The van der Waals surface area contributed by atoms with Crippen LogP contribution >= 0.6 is 0 Å². The zero-order chi connectivity index (χ0) is 13.4. The van der Waals surface area contributed by atoms with Gasteiger partial charge in [0.05, 0.1) is 5.41 Å². The number of amides is 1. The number of aliphatic hydroxyl groups is 1. The molecule has 4 nitrogen and oxygen atoms in total. The second kappa shape index (κ2) is 7.74. The van der Waals surface area contributed by atoms with E-state index in [0.29, 0.717) is 5.92 Å². The largest absolute Gasteiger partial charge is 0.396 e. The molecule has 1 rings (SSSR count). The molecule has 0 radical (unpaired) electrons. The molecule has 106 valence electrons. The molecule has 1 aliphatic rings. The lowest BCUT2D eigenvalue weighted by atomic mass is 9.81. The molecule has 0 aromatic heterocycles. The zero-order valence-electron chi connectivity index (χ0n) is 11.8. The van der Waals surface area contributed by atoms with Crippen LogP contribution in [0.1, 0.15) is 46.0 Å². The molecule has 2 atom stereocenters. The van der Waals surface area contributed by atoms with E-state index in [9.17, 15) is 4.79 Å². The second-order valence-electron chi connectivity index (χ2n) is 5.64. The molecule has 0 bridgehead atoms. The summed E-state index contributed by atoms with van der Waals surface area (Å²) in [5.74, 6) is 0.547. The molecule has 2 unspecified atom stereocenters. The van der Waals surface area contributed by atoms with Gasteiger partial charge in [-0.15, -0.1) is 0 Å². The first kappa shape index (κ1) is 15.4. The van der Waals surface area contributed by atoms with Crippen LogP contribution in [0.15, 0.2) is 0 Å². The lowest BCUT2D eigenvalue weighted by Gasteiger charge is -2.26. The van der Waals surface area contributed by atoms with Crippen LogP contribution < -0.4 is 10.6 Å². The fraction of sp³-hybridized carbons (Fsp3) is 0.929. The summed E-state index contributed by atoms with van der Waals surface area (Å²) in [6.45, 7) is 6.90. The van der Waals surface area contributed by atoms with Crippen molar-refractivity contribution in [1.29, 1.82) is 0 Å². The van der Waals surface area contributed by atoms with Crippen LogP contribution in [0, 0.1) is 11.3 Å². The van der Waals surface area contributed by atoms with E-state index < -0.39 is 0 Å². The Kier molecular flexibility index (Phi) is 6.65. The fourth-order valence-corrected chi connectivity index (χ4v) is 2.67. The van der Waals surface area contributed by atoms with Crippen molar-refractivity contribution in [1.82, 2.24) is 10.6 Å². The standard InChI is InChI=1S/C14H28N2O2/c1-3-6-14(7-9-15-11-14)13(18)16-8-4-5-12(2)10-17/h12,15,17H,3-11H2,1-2H3,(H,16,18). The maximum absolute atomic E-state index is 12.3. The number of carbonyl (C=O) groups is 1. The number of hydrogen-bond donors (Lipinski definition) is 3. The lowest BCUT2D eigenvalue weighted by molar-refractivity contribution is -0.130. The van der Waals surface area contributed by atoms with E-state index in [1.807, 2.05) is 6.92 Å². The topological polar surface area (TPSA) is 61.4 Å². The zero-order valence-corrected chi connectivity index (χ0v) is 11.8. The highest BCUT2D eigenvalue weighted by Crippen LogP contribution is 2.31. The van der Waals surface area contributed by atoms with Crippen LogP contribution in [-0.4, -0.2) is 37.3 Å². The average molecular weight is 256 g/mol. The first-order valence-electron chi connectivity index (χ1n) is 7.24. The van der Waals surface area contributed by atoms with E-state index in [2.05, 4.69) is 17.6 Å². The SMILES string of the molecule is CCCC1(C(=O)NCCCC(C)CO)CCNC1. The Balaban J connectivity index is 2.30. The summed E-state index contributed by atoms with van der Waals surface area (Å²) in [6.07, 6.45) is 4.90. The number of hydrogen-bond acceptors (Lipinski definition) is 3. The Labute approximate surface area is 111 Å². The molecular formula is C14H28N2O2. The fourth-order valence-electron chi connectivity index (χ4n) is 2.67. The van der Waals surface area contributed by atoms with Crippen LogP contribution in [0.4, 0.5) is 0 Å². The quantitative estimate of drug-likeness (QED) is 0.574. The van der Waals surface area contributed by atoms with Gasteiger partial charge in [-0.25, -0.2) is 0 Å². The van der Waals surface area contributed by atoms with Crippen molar-refractivity contribution in [2.45, 2.75) is 46.0 Å². The summed E-state index contributed by atoms with van der Waals surface area (Å²) in [7, 11) is 0. The Morgan fingerprint density at radius 1 is 1.56 bits per heavy atom. The van der Waals surface area contributed by atoms with Gasteiger partial charge in [-0.3, -0.25) is 4.79 Å². The van der Waals surface area contributed by atoms with Crippen molar-refractivity contribution < 1.29 is 9.90 Å². The minimum atomic E-state index is -0.169. The number of rotatable bonds is 8. The van der Waals surface area contributed by atoms with Gasteiger partial charge in [-0.1, -0.05) is 20.3 Å². The maximum Gasteiger partial charge on any atom is 0.227 e. The summed E-state index contributed by atoms with van der Waals surface area (Å²) in [5.41, 5.74) is -0.169. The minimum absolute atomic E-state index is 0.169. The van der Waals surface area contributed by atoms with Crippen LogP contribution in [0.2, 0.25) is 0 Å². The van der Waals surface area contributed by atoms with E-state index >= 15 is 0 Å². The molecule has 1 amide bonds. The van der Waals surface area contributed by atoms with E-state index in [1.165, 1.54) is 0 Å². The summed E-state index contributed by atoms with van der Waals surface area (Å²) >= 11 is 0. The highest BCUT2D eigenvalue weighted by Gasteiger charge is 2.39.